The Morgan fingerprint density at radius 1 is 0.600 bits per heavy atom. The predicted molar refractivity (Wildman–Crippen MR) is 123 cm³/mol. The summed E-state index contributed by atoms with van der Waals surface area (Å²) in [5, 5.41) is 2.70. The Kier molecular flexibility index (Phi) is 4.74. The maximum absolute atomic E-state index is 6.11. The summed E-state index contributed by atoms with van der Waals surface area (Å²) in [7, 11) is 0. The summed E-state index contributed by atoms with van der Waals surface area (Å²) in [6, 6.07) is 38.4. The maximum Gasteiger partial charge on any atom is 0.206 e. The van der Waals surface area contributed by atoms with Crippen LogP contribution in [0, 0.1) is 0 Å². The molecule has 0 atom stereocenters. The summed E-state index contributed by atoms with van der Waals surface area (Å²) in [5.41, 5.74) is 8.19. The molecule has 0 aliphatic carbocycles. The number of hydrogen-bond acceptors (Lipinski definition) is 2. The zero-order valence-electron chi connectivity index (χ0n) is 16.2. The fourth-order valence-electron chi connectivity index (χ4n) is 3.81. The molecule has 1 aliphatic rings. The van der Waals surface area contributed by atoms with Crippen molar-refractivity contribution in [2.24, 2.45) is 4.99 Å². The van der Waals surface area contributed by atoms with Crippen molar-refractivity contribution in [1.82, 2.24) is 5.43 Å². The maximum atomic E-state index is 6.11. The number of aliphatic imine (C=N–C) groups is 1. The van der Waals surface area contributed by atoms with Crippen LogP contribution in [0.3, 0.4) is 0 Å². The fourth-order valence-corrected chi connectivity index (χ4v) is 3.93. The van der Waals surface area contributed by atoms with E-state index < -0.39 is 5.66 Å². The predicted octanol–water partition coefficient (Wildman–Crippen LogP) is 6.03. The summed E-state index contributed by atoms with van der Waals surface area (Å²) < 4.78 is 0. The highest BCUT2D eigenvalue weighted by Gasteiger charge is 2.47. The first-order chi connectivity index (χ1) is 14.8. The van der Waals surface area contributed by atoms with Crippen LogP contribution >= 0.6 is 11.6 Å². The normalized spacial score (nSPS) is 14.8. The van der Waals surface area contributed by atoms with Gasteiger partial charge in [0.1, 0.15) is 0 Å². The molecule has 30 heavy (non-hydrogen) atoms. The van der Waals surface area contributed by atoms with Crippen LogP contribution in [0.2, 0.25) is 5.02 Å². The van der Waals surface area contributed by atoms with Crippen LogP contribution in [0.1, 0.15) is 16.7 Å². The van der Waals surface area contributed by atoms with Crippen molar-refractivity contribution >= 4 is 23.1 Å². The Hall–Kier alpha value is -3.56. The first-order valence-electron chi connectivity index (χ1n) is 9.81. The first-order valence-corrected chi connectivity index (χ1v) is 10.2. The minimum Gasteiger partial charge on any atom is -0.227 e. The minimum absolute atomic E-state index is 0.670. The van der Waals surface area contributed by atoms with Gasteiger partial charge in [0.2, 0.25) is 5.66 Å². The Bertz CT molecular complexity index is 1120. The van der Waals surface area contributed by atoms with E-state index in [4.69, 9.17) is 22.0 Å². The van der Waals surface area contributed by atoms with Crippen molar-refractivity contribution in [2.75, 3.05) is 5.01 Å². The van der Waals surface area contributed by atoms with Crippen LogP contribution in [-0.4, -0.2) is 5.84 Å². The van der Waals surface area contributed by atoms with Crippen LogP contribution in [-0.2, 0) is 5.66 Å². The molecule has 0 saturated carbocycles. The lowest BCUT2D eigenvalue weighted by atomic mass is 9.90. The third-order valence-corrected chi connectivity index (χ3v) is 5.48. The monoisotopic (exact) mass is 408 g/mol. The van der Waals surface area contributed by atoms with Crippen LogP contribution < -0.4 is 10.4 Å². The summed E-state index contributed by atoms with van der Waals surface area (Å²) in [4.78, 5) is 5.25. The molecule has 0 fully saturated rings. The highest BCUT2D eigenvalue weighted by Crippen LogP contribution is 2.43. The Morgan fingerprint density at radius 3 is 1.63 bits per heavy atom. The molecular weight excluding hydrogens is 390 g/mol. The topological polar surface area (TPSA) is 29.7 Å². The lowest BCUT2D eigenvalue weighted by Gasteiger charge is -2.36. The number of para-hydroxylation sites is 1. The molecular formula is C26H19ClN3. The van der Waals surface area contributed by atoms with Gasteiger partial charge >= 0.3 is 0 Å². The van der Waals surface area contributed by atoms with Crippen molar-refractivity contribution in [2.45, 2.75) is 5.66 Å². The van der Waals surface area contributed by atoms with Gasteiger partial charge in [-0.15, -0.1) is 5.43 Å². The molecule has 0 N–H and O–H groups in total. The van der Waals surface area contributed by atoms with E-state index in [0.29, 0.717) is 10.9 Å². The molecule has 0 aromatic heterocycles. The molecule has 0 unspecified atom stereocenters. The molecule has 0 bridgehead atoms. The second-order valence-electron chi connectivity index (χ2n) is 7.09. The fraction of sp³-hybridized carbons (Fsp3) is 0.0385. The molecule has 1 heterocycles. The van der Waals surface area contributed by atoms with Crippen molar-refractivity contribution in [3.63, 3.8) is 0 Å². The third-order valence-electron chi connectivity index (χ3n) is 5.22. The van der Waals surface area contributed by atoms with E-state index in [2.05, 4.69) is 36.4 Å². The molecule has 145 valence electrons. The van der Waals surface area contributed by atoms with Crippen LogP contribution in [0.15, 0.2) is 120 Å². The molecule has 0 amide bonds. The SMILES string of the molecule is Clc1ccc(C2=NC(c3ccccc3)(c3ccccc3)N(c3ccccc3)[N]2)cc1. The average Bonchev–Trinajstić information content (AvgIpc) is 3.23. The standard InChI is InChI=1S/C26H19ClN3/c27-23-18-16-20(17-19-23)25-28-26(21-10-4-1-5-11-21,22-12-6-2-7-13-22)30(29-25)24-14-8-3-9-15-24/h1-19H. The smallest absolute Gasteiger partial charge is 0.206 e. The van der Waals surface area contributed by atoms with E-state index >= 15 is 0 Å². The molecule has 1 radical (unpaired) electrons. The molecule has 3 nitrogen and oxygen atoms in total. The van der Waals surface area contributed by atoms with Crippen molar-refractivity contribution in [3.8, 4) is 0 Å². The van der Waals surface area contributed by atoms with Gasteiger partial charge in [0, 0.05) is 21.7 Å². The van der Waals surface area contributed by atoms with Crippen LogP contribution in [0.25, 0.3) is 0 Å². The number of anilines is 1. The Morgan fingerprint density at radius 2 is 1.10 bits per heavy atom. The van der Waals surface area contributed by atoms with Gasteiger partial charge in [-0.2, -0.15) is 0 Å². The minimum atomic E-state index is -0.807. The second kappa shape index (κ2) is 7.69. The molecule has 0 saturated heterocycles. The molecule has 5 rings (SSSR count). The van der Waals surface area contributed by atoms with Gasteiger partial charge in [0.05, 0.1) is 5.69 Å². The quantitative estimate of drug-likeness (QED) is 0.405. The van der Waals surface area contributed by atoms with Crippen molar-refractivity contribution < 1.29 is 0 Å². The molecule has 4 aromatic rings. The zero-order chi connectivity index (χ0) is 20.4. The van der Waals surface area contributed by atoms with Gasteiger partial charge in [0.15, 0.2) is 5.84 Å². The van der Waals surface area contributed by atoms with Crippen molar-refractivity contribution in [3.05, 3.63) is 137 Å². The summed E-state index contributed by atoms with van der Waals surface area (Å²) in [5.74, 6) is 0.670. The van der Waals surface area contributed by atoms with Gasteiger partial charge in [-0.25, -0.2) is 10.0 Å². The lowest BCUT2D eigenvalue weighted by molar-refractivity contribution is 0.512. The van der Waals surface area contributed by atoms with E-state index in [0.717, 1.165) is 22.4 Å². The van der Waals surface area contributed by atoms with E-state index in [1.165, 1.54) is 0 Å². The highest BCUT2D eigenvalue weighted by atomic mass is 35.5. The van der Waals surface area contributed by atoms with Gasteiger partial charge in [-0.3, -0.25) is 0 Å². The van der Waals surface area contributed by atoms with E-state index in [1.54, 1.807) is 0 Å². The molecule has 1 aliphatic heterocycles. The number of benzene rings is 4. The van der Waals surface area contributed by atoms with Gasteiger partial charge in [-0.1, -0.05) is 90.5 Å². The zero-order valence-corrected chi connectivity index (χ0v) is 16.9. The highest BCUT2D eigenvalue weighted by molar-refractivity contribution is 6.30. The largest absolute Gasteiger partial charge is 0.227 e. The molecule has 4 aromatic carbocycles. The van der Waals surface area contributed by atoms with E-state index in [9.17, 15) is 0 Å². The summed E-state index contributed by atoms with van der Waals surface area (Å²) >= 11 is 6.11. The molecule has 0 spiro atoms. The number of rotatable bonds is 4. The molecule has 4 heteroatoms. The van der Waals surface area contributed by atoms with E-state index in [1.807, 2.05) is 83.9 Å². The first kappa shape index (κ1) is 18.5. The number of nitrogens with zero attached hydrogens (tertiary/aromatic N) is 3. The number of halogens is 1. The summed E-state index contributed by atoms with van der Waals surface area (Å²) in [6.07, 6.45) is 0. The van der Waals surface area contributed by atoms with Gasteiger partial charge in [0.25, 0.3) is 0 Å². The van der Waals surface area contributed by atoms with E-state index in [-0.39, 0.29) is 0 Å². The van der Waals surface area contributed by atoms with Crippen LogP contribution in [0.5, 0.6) is 0 Å². The second-order valence-corrected chi connectivity index (χ2v) is 7.53. The van der Waals surface area contributed by atoms with Gasteiger partial charge < -0.3 is 0 Å². The third kappa shape index (κ3) is 3.14. The average molecular weight is 409 g/mol. The Labute approximate surface area is 181 Å². The number of amidine groups is 1. The Balaban J connectivity index is 1.77. The lowest BCUT2D eigenvalue weighted by Crippen LogP contribution is -2.45. The van der Waals surface area contributed by atoms with Crippen LogP contribution in [0.4, 0.5) is 5.69 Å². The van der Waals surface area contributed by atoms with Crippen molar-refractivity contribution in [1.29, 1.82) is 0 Å². The van der Waals surface area contributed by atoms with Gasteiger partial charge in [-0.05, 0) is 36.4 Å². The number of hydrogen-bond donors (Lipinski definition) is 0. The summed E-state index contributed by atoms with van der Waals surface area (Å²) in [6.45, 7) is 0.